The topological polar surface area (TPSA) is 84.4 Å². The van der Waals surface area contributed by atoms with E-state index in [2.05, 4.69) is 10.2 Å². The molecule has 0 fully saturated rings. The predicted molar refractivity (Wildman–Crippen MR) is 61.9 cm³/mol. The van der Waals surface area contributed by atoms with E-state index >= 15 is 0 Å². The van der Waals surface area contributed by atoms with Crippen LogP contribution in [0.2, 0.25) is 0 Å². The van der Waals surface area contributed by atoms with E-state index in [9.17, 15) is 9.18 Å². The SMILES string of the molecule is O=C(O)c1cc(-c2ccc(F)c3c2OCCO3)n[nH]1. The number of carboxylic acids is 1. The minimum atomic E-state index is -1.12. The number of nitrogens with one attached hydrogen (secondary N) is 1. The number of rotatable bonds is 2. The summed E-state index contributed by atoms with van der Waals surface area (Å²) in [6.45, 7) is 0.577. The fourth-order valence-electron chi connectivity index (χ4n) is 1.87. The molecule has 1 aromatic carbocycles. The van der Waals surface area contributed by atoms with E-state index in [1.165, 1.54) is 18.2 Å². The summed E-state index contributed by atoms with van der Waals surface area (Å²) in [4.78, 5) is 10.8. The second-order valence-electron chi connectivity index (χ2n) is 3.92. The Hall–Kier alpha value is -2.57. The smallest absolute Gasteiger partial charge is 0.353 e. The first-order valence-corrected chi connectivity index (χ1v) is 5.54. The zero-order chi connectivity index (χ0) is 13.4. The molecule has 6 nitrogen and oxygen atoms in total. The van der Waals surface area contributed by atoms with Gasteiger partial charge >= 0.3 is 5.97 Å². The molecule has 2 heterocycles. The summed E-state index contributed by atoms with van der Waals surface area (Å²) < 4.78 is 24.2. The lowest BCUT2D eigenvalue weighted by molar-refractivity contribution is 0.0690. The van der Waals surface area contributed by atoms with Crippen LogP contribution in [0.5, 0.6) is 11.5 Å². The minimum absolute atomic E-state index is 0.0311. The molecule has 3 rings (SSSR count). The van der Waals surface area contributed by atoms with Crippen LogP contribution in [0.15, 0.2) is 18.2 Å². The molecule has 0 unspecified atom stereocenters. The maximum Gasteiger partial charge on any atom is 0.353 e. The van der Waals surface area contributed by atoms with Gasteiger partial charge in [-0.25, -0.2) is 9.18 Å². The molecule has 0 saturated heterocycles. The summed E-state index contributed by atoms with van der Waals surface area (Å²) in [7, 11) is 0. The summed E-state index contributed by atoms with van der Waals surface area (Å²) in [6.07, 6.45) is 0. The van der Waals surface area contributed by atoms with Crippen molar-refractivity contribution in [2.75, 3.05) is 13.2 Å². The van der Waals surface area contributed by atoms with Crippen LogP contribution in [0.3, 0.4) is 0 Å². The fourth-order valence-corrected chi connectivity index (χ4v) is 1.87. The molecule has 0 saturated carbocycles. The number of carbonyl (C=O) groups is 1. The van der Waals surface area contributed by atoms with Gasteiger partial charge in [0.2, 0.25) is 0 Å². The Morgan fingerprint density at radius 1 is 1.32 bits per heavy atom. The molecular formula is C12H9FN2O4. The highest BCUT2D eigenvalue weighted by Crippen LogP contribution is 2.41. The van der Waals surface area contributed by atoms with Gasteiger partial charge in [0.1, 0.15) is 18.9 Å². The van der Waals surface area contributed by atoms with Crippen molar-refractivity contribution in [2.24, 2.45) is 0 Å². The molecule has 0 radical (unpaired) electrons. The number of hydrogen-bond donors (Lipinski definition) is 2. The molecule has 98 valence electrons. The minimum Gasteiger partial charge on any atom is -0.485 e. The Labute approximate surface area is 106 Å². The van der Waals surface area contributed by atoms with Crippen LogP contribution in [0.1, 0.15) is 10.5 Å². The van der Waals surface area contributed by atoms with Gasteiger partial charge in [-0.05, 0) is 18.2 Å². The first-order chi connectivity index (χ1) is 9.16. The Kier molecular flexibility index (Phi) is 2.59. The van der Waals surface area contributed by atoms with Crippen molar-refractivity contribution >= 4 is 5.97 Å². The van der Waals surface area contributed by atoms with Gasteiger partial charge in [-0.15, -0.1) is 0 Å². The molecule has 1 aromatic heterocycles. The highest BCUT2D eigenvalue weighted by Gasteiger charge is 2.23. The summed E-state index contributed by atoms with van der Waals surface area (Å²) in [5, 5.41) is 15.1. The van der Waals surface area contributed by atoms with Gasteiger partial charge < -0.3 is 14.6 Å². The van der Waals surface area contributed by atoms with Crippen molar-refractivity contribution in [1.82, 2.24) is 10.2 Å². The Morgan fingerprint density at radius 2 is 2.05 bits per heavy atom. The lowest BCUT2D eigenvalue weighted by atomic mass is 10.1. The number of H-pyrrole nitrogens is 1. The van der Waals surface area contributed by atoms with Crippen molar-refractivity contribution in [2.45, 2.75) is 0 Å². The zero-order valence-electron chi connectivity index (χ0n) is 9.64. The number of fused-ring (bicyclic) bond motifs is 1. The molecule has 1 aliphatic rings. The number of halogens is 1. The number of hydrogen-bond acceptors (Lipinski definition) is 4. The first kappa shape index (κ1) is 11.5. The zero-order valence-corrected chi connectivity index (χ0v) is 9.64. The molecule has 0 amide bonds. The summed E-state index contributed by atoms with van der Waals surface area (Å²) >= 11 is 0. The molecular weight excluding hydrogens is 255 g/mol. The standard InChI is InChI=1S/C12H9FN2O4/c13-7-2-1-6(10-11(7)19-4-3-18-10)8-5-9(12(16)17)15-14-8/h1-2,5H,3-4H2,(H,14,15)(H,16,17). The molecule has 1 aliphatic heterocycles. The van der Waals surface area contributed by atoms with E-state index in [1.807, 2.05) is 0 Å². The third kappa shape index (κ3) is 1.88. The second kappa shape index (κ2) is 4.27. The van der Waals surface area contributed by atoms with Gasteiger partial charge in [-0.3, -0.25) is 5.10 Å². The van der Waals surface area contributed by atoms with Gasteiger partial charge in [0.05, 0.1) is 5.69 Å². The highest BCUT2D eigenvalue weighted by atomic mass is 19.1. The largest absolute Gasteiger partial charge is 0.485 e. The van der Waals surface area contributed by atoms with Gasteiger partial charge in [0, 0.05) is 5.56 Å². The highest BCUT2D eigenvalue weighted by molar-refractivity contribution is 5.87. The number of benzene rings is 1. The normalized spacial score (nSPS) is 13.3. The number of aromatic amines is 1. The Bertz CT molecular complexity index is 653. The van der Waals surface area contributed by atoms with Crippen molar-refractivity contribution in [3.63, 3.8) is 0 Å². The van der Waals surface area contributed by atoms with E-state index in [-0.39, 0.29) is 23.8 Å². The lowest BCUT2D eigenvalue weighted by Gasteiger charge is -2.20. The number of aromatic nitrogens is 2. The van der Waals surface area contributed by atoms with Crippen LogP contribution in [0.4, 0.5) is 4.39 Å². The van der Waals surface area contributed by atoms with E-state index in [0.717, 1.165) is 0 Å². The molecule has 0 atom stereocenters. The number of aromatic carboxylic acids is 1. The molecule has 2 N–H and O–H groups in total. The van der Waals surface area contributed by atoms with Crippen LogP contribution in [-0.4, -0.2) is 34.5 Å². The van der Waals surface area contributed by atoms with Gasteiger partial charge in [0.25, 0.3) is 0 Å². The molecule has 19 heavy (non-hydrogen) atoms. The fraction of sp³-hybridized carbons (Fsp3) is 0.167. The van der Waals surface area contributed by atoms with Crippen LogP contribution in [-0.2, 0) is 0 Å². The number of carboxylic acid groups (broad SMARTS) is 1. The monoisotopic (exact) mass is 264 g/mol. The summed E-state index contributed by atoms with van der Waals surface area (Å²) in [5.74, 6) is -1.36. The third-order valence-electron chi connectivity index (χ3n) is 2.72. The van der Waals surface area contributed by atoms with E-state index in [0.29, 0.717) is 17.9 Å². The Morgan fingerprint density at radius 3 is 2.74 bits per heavy atom. The quantitative estimate of drug-likeness (QED) is 0.862. The van der Waals surface area contributed by atoms with Crippen LogP contribution >= 0.6 is 0 Å². The first-order valence-electron chi connectivity index (χ1n) is 5.54. The molecule has 7 heteroatoms. The van der Waals surface area contributed by atoms with Crippen LogP contribution in [0, 0.1) is 5.82 Å². The average molecular weight is 264 g/mol. The Balaban J connectivity index is 2.11. The molecule has 2 aromatic rings. The van der Waals surface area contributed by atoms with Gasteiger partial charge in [0.15, 0.2) is 17.3 Å². The summed E-state index contributed by atoms with van der Waals surface area (Å²) in [5.41, 5.74) is 0.795. The van der Waals surface area contributed by atoms with Crippen LogP contribution in [0.25, 0.3) is 11.3 Å². The van der Waals surface area contributed by atoms with Crippen LogP contribution < -0.4 is 9.47 Å². The van der Waals surface area contributed by atoms with Gasteiger partial charge in [-0.2, -0.15) is 5.10 Å². The third-order valence-corrected chi connectivity index (χ3v) is 2.72. The van der Waals surface area contributed by atoms with Crippen molar-refractivity contribution in [1.29, 1.82) is 0 Å². The second-order valence-corrected chi connectivity index (χ2v) is 3.92. The predicted octanol–water partition coefficient (Wildman–Crippen LogP) is 1.69. The van der Waals surface area contributed by atoms with Crippen molar-refractivity contribution in [3.05, 3.63) is 29.7 Å². The lowest BCUT2D eigenvalue weighted by Crippen LogP contribution is -2.17. The summed E-state index contributed by atoms with van der Waals surface area (Å²) in [6, 6.07) is 4.07. The molecule has 0 aliphatic carbocycles. The molecule has 0 bridgehead atoms. The van der Waals surface area contributed by atoms with Crippen molar-refractivity contribution < 1.29 is 23.8 Å². The number of ether oxygens (including phenoxy) is 2. The van der Waals surface area contributed by atoms with Gasteiger partial charge in [-0.1, -0.05) is 0 Å². The van der Waals surface area contributed by atoms with E-state index < -0.39 is 11.8 Å². The molecule has 0 spiro atoms. The van der Waals surface area contributed by atoms with Crippen molar-refractivity contribution in [3.8, 4) is 22.8 Å². The van der Waals surface area contributed by atoms with E-state index in [4.69, 9.17) is 14.6 Å². The van der Waals surface area contributed by atoms with E-state index in [1.54, 1.807) is 0 Å². The maximum absolute atomic E-state index is 13.6. The number of nitrogens with zero attached hydrogens (tertiary/aromatic N) is 1. The maximum atomic E-state index is 13.6. The average Bonchev–Trinajstić information content (AvgIpc) is 2.89.